The summed E-state index contributed by atoms with van der Waals surface area (Å²) in [5.41, 5.74) is 3.93. The lowest BCUT2D eigenvalue weighted by Gasteiger charge is -2.25. The van der Waals surface area contributed by atoms with Gasteiger partial charge in [0.15, 0.2) is 5.13 Å². The van der Waals surface area contributed by atoms with Crippen LogP contribution in [-0.2, 0) is 12.8 Å². The molecule has 1 heterocycles. The van der Waals surface area contributed by atoms with Crippen LogP contribution in [0.5, 0.6) is 0 Å². The maximum Gasteiger partial charge on any atom is 0.184 e. The zero-order valence-corrected chi connectivity index (χ0v) is 13.0. The van der Waals surface area contributed by atoms with E-state index < -0.39 is 0 Å². The Kier molecular flexibility index (Phi) is 3.32. The summed E-state index contributed by atoms with van der Waals surface area (Å²) in [6.45, 7) is 0. The third-order valence-electron chi connectivity index (χ3n) is 4.04. The number of aromatic nitrogens is 1. The molecule has 4 rings (SSSR count). The lowest BCUT2D eigenvalue weighted by Crippen LogP contribution is -2.27. The normalized spacial score (nSPS) is 17.7. The lowest BCUT2D eigenvalue weighted by atomic mass is 9.88. The number of rotatable bonds is 2. The summed E-state index contributed by atoms with van der Waals surface area (Å²) in [4.78, 5) is 4.65. The number of aryl methyl sites for hydroxylation is 1. The molecule has 0 bridgehead atoms. The molecule has 1 aromatic heterocycles. The van der Waals surface area contributed by atoms with E-state index in [1.807, 2.05) is 18.2 Å². The molecule has 4 heteroatoms. The second-order valence-electron chi connectivity index (χ2n) is 5.46. The smallest absolute Gasteiger partial charge is 0.184 e. The van der Waals surface area contributed by atoms with Crippen LogP contribution in [0.15, 0.2) is 42.5 Å². The molecule has 1 aliphatic carbocycles. The maximum atomic E-state index is 6.22. The number of anilines is 1. The zero-order valence-electron chi connectivity index (χ0n) is 11.5. The first kappa shape index (κ1) is 13.1. The number of halogens is 1. The van der Waals surface area contributed by atoms with Crippen molar-refractivity contribution in [2.24, 2.45) is 0 Å². The second kappa shape index (κ2) is 5.32. The molecule has 1 atom stereocenters. The van der Waals surface area contributed by atoms with Crippen LogP contribution in [0.2, 0.25) is 5.02 Å². The summed E-state index contributed by atoms with van der Waals surface area (Å²) in [5, 5.41) is 5.35. The van der Waals surface area contributed by atoms with Crippen LogP contribution in [0.1, 0.15) is 17.5 Å². The largest absolute Gasteiger partial charge is 0.358 e. The lowest BCUT2D eigenvalue weighted by molar-refractivity contribution is 0.610. The molecule has 2 aromatic carbocycles. The molecule has 0 aliphatic heterocycles. The summed E-state index contributed by atoms with van der Waals surface area (Å²) >= 11 is 7.87. The van der Waals surface area contributed by atoms with E-state index in [9.17, 15) is 0 Å². The van der Waals surface area contributed by atoms with Crippen molar-refractivity contribution in [1.29, 1.82) is 0 Å². The van der Waals surface area contributed by atoms with Gasteiger partial charge in [-0.05, 0) is 42.5 Å². The van der Waals surface area contributed by atoms with Crippen molar-refractivity contribution < 1.29 is 0 Å². The van der Waals surface area contributed by atoms with E-state index in [-0.39, 0.29) is 0 Å². The molecular formula is C17H15ClN2S. The fraction of sp³-hybridized carbons (Fsp3) is 0.235. The van der Waals surface area contributed by atoms with Gasteiger partial charge in [0.25, 0.3) is 0 Å². The van der Waals surface area contributed by atoms with Crippen molar-refractivity contribution in [3.05, 3.63) is 58.6 Å². The first-order chi connectivity index (χ1) is 10.3. The van der Waals surface area contributed by atoms with E-state index in [0.29, 0.717) is 6.04 Å². The molecule has 0 saturated carbocycles. The molecule has 0 spiro atoms. The monoisotopic (exact) mass is 314 g/mol. The van der Waals surface area contributed by atoms with Crippen molar-refractivity contribution >= 4 is 38.3 Å². The van der Waals surface area contributed by atoms with E-state index in [1.54, 1.807) is 11.3 Å². The number of fused-ring (bicyclic) bond motifs is 2. The number of hydrogen-bond donors (Lipinski definition) is 1. The van der Waals surface area contributed by atoms with Gasteiger partial charge in [0.1, 0.15) is 0 Å². The van der Waals surface area contributed by atoms with E-state index in [4.69, 9.17) is 11.6 Å². The minimum atomic E-state index is 0.458. The summed E-state index contributed by atoms with van der Waals surface area (Å²) in [7, 11) is 0. The topological polar surface area (TPSA) is 24.9 Å². The predicted octanol–water partition coefficient (Wildman–Crippen LogP) is 4.92. The molecule has 0 amide bonds. The van der Waals surface area contributed by atoms with Crippen LogP contribution in [0.25, 0.3) is 10.2 Å². The Labute approximate surface area is 132 Å². The average Bonchev–Trinajstić information content (AvgIpc) is 2.91. The molecule has 2 nitrogen and oxygen atoms in total. The highest BCUT2D eigenvalue weighted by Crippen LogP contribution is 2.33. The van der Waals surface area contributed by atoms with Gasteiger partial charge in [-0.2, -0.15) is 0 Å². The Morgan fingerprint density at radius 3 is 2.81 bits per heavy atom. The zero-order chi connectivity index (χ0) is 14.2. The van der Waals surface area contributed by atoms with Gasteiger partial charge in [-0.15, -0.1) is 0 Å². The van der Waals surface area contributed by atoms with Gasteiger partial charge < -0.3 is 5.32 Å². The minimum Gasteiger partial charge on any atom is -0.358 e. The summed E-state index contributed by atoms with van der Waals surface area (Å²) in [5.74, 6) is 0. The third kappa shape index (κ3) is 2.52. The maximum absolute atomic E-state index is 6.22. The van der Waals surface area contributed by atoms with E-state index in [1.165, 1.54) is 11.1 Å². The Morgan fingerprint density at radius 1 is 1.10 bits per heavy atom. The average molecular weight is 315 g/mol. The van der Waals surface area contributed by atoms with Gasteiger partial charge in [-0.25, -0.2) is 4.98 Å². The summed E-state index contributed by atoms with van der Waals surface area (Å²) in [6.07, 6.45) is 3.36. The highest BCUT2D eigenvalue weighted by atomic mass is 35.5. The molecule has 0 saturated heterocycles. The SMILES string of the molecule is Clc1cccc2nc(NC3CCc4ccccc4C3)sc12. The number of thiazole rings is 1. The molecule has 0 fully saturated rings. The molecule has 0 radical (unpaired) electrons. The Hall–Kier alpha value is -1.58. The van der Waals surface area contributed by atoms with Crippen LogP contribution in [0.4, 0.5) is 5.13 Å². The van der Waals surface area contributed by atoms with Gasteiger partial charge in [0.2, 0.25) is 0 Å². The fourth-order valence-corrected chi connectivity index (χ4v) is 4.20. The molecule has 21 heavy (non-hydrogen) atoms. The second-order valence-corrected chi connectivity index (χ2v) is 6.87. The number of benzene rings is 2. The van der Waals surface area contributed by atoms with Crippen LogP contribution >= 0.6 is 22.9 Å². The fourth-order valence-electron chi connectivity index (χ4n) is 2.97. The van der Waals surface area contributed by atoms with E-state index >= 15 is 0 Å². The summed E-state index contributed by atoms with van der Waals surface area (Å²) < 4.78 is 1.07. The molecule has 1 unspecified atom stereocenters. The van der Waals surface area contributed by atoms with Gasteiger partial charge >= 0.3 is 0 Å². The first-order valence-electron chi connectivity index (χ1n) is 7.18. The molecule has 1 N–H and O–H groups in total. The quantitative estimate of drug-likeness (QED) is 0.726. The highest BCUT2D eigenvalue weighted by molar-refractivity contribution is 7.22. The standard InChI is InChI=1S/C17H15ClN2S/c18-14-6-3-7-15-16(14)21-17(20-15)19-13-9-8-11-4-1-2-5-12(11)10-13/h1-7,13H,8-10H2,(H,19,20). The van der Waals surface area contributed by atoms with Crippen molar-refractivity contribution in [3.8, 4) is 0 Å². The molecule has 1 aliphatic rings. The molecule has 3 aromatic rings. The van der Waals surface area contributed by atoms with Crippen molar-refractivity contribution in [2.45, 2.75) is 25.3 Å². The Balaban J connectivity index is 1.57. The van der Waals surface area contributed by atoms with Crippen LogP contribution in [0, 0.1) is 0 Å². The van der Waals surface area contributed by atoms with E-state index in [0.717, 1.165) is 39.6 Å². The number of nitrogens with one attached hydrogen (secondary N) is 1. The molecule has 106 valence electrons. The molecular weight excluding hydrogens is 300 g/mol. The van der Waals surface area contributed by atoms with Gasteiger partial charge in [-0.1, -0.05) is 53.3 Å². The van der Waals surface area contributed by atoms with Crippen molar-refractivity contribution in [3.63, 3.8) is 0 Å². The van der Waals surface area contributed by atoms with Crippen molar-refractivity contribution in [1.82, 2.24) is 4.98 Å². The summed E-state index contributed by atoms with van der Waals surface area (Å²) in [6, 6.07) is 15.1. The first-order valence-corrected chi connectivity index (χ1v) is 8.37. The predicted molar refractivity (Wildman–Crippen MR) is 90.5 cm³/mol. The van der Waals surface area contributed by atoms with E-state index in [2.05, 4.69) is 34.6 Å². The minimum absolute atomic E-state index is 0.458. The van der Waals surface area contributed by atoms with Crippen LogP contribution in [0.3, 0.4) is 0 Å². The van der Waals surface area contributed by atoms with Crippen LogP contribution < -0.4 is 5.32 Å². The number of nitrogens with zero attached hydrogens (tertiary/aromatic N) is 1. The Morgan fingerprint density at radius 2 is 1.95 bits per heavy atom. The third-order valence-corrected chi connectivity index (χ3v) is 5.50. The van der Waals surface area contributed by atoms with Gasteiger partial charge in [0, 0.05) is 6.04 Å². The van der Waals surface area contributed by atoms with Gasteiger partial charge in [-0.3, -0.25) is 0 Å². The van der Waals surface area contributed by atoms with Crippen molar-refractivity contribution in [2.75, 3.05) is 5.32 Å². The number of hydrogen-bond acceptors (Lipinski definition) is 3. The van der Waals surface area contributed by atoms with Gasteiger partial charge in [0.05, 0.1) is 15.2 Å². The highest BCUT2D eigenvalue weighted by Gasteiger charge is 2.19. The Bertz CT molecular complexity index is 796. The van der Waals surface area contributed by atoms with Crippen LogP contribution in [-0.4, -0.2) is 11.0 Å².